The van der Waals surface area contributed by atoms with Gasteiger partial charge in [0.1, 0.15) is 0 Å². The summed E-state index contributed by atoms with van der Waals surface area (Å²) in [5.41, 5.74) is 2.16. The Bertz CT molecular complexity index is 400. The summed E-state index contributed by atoms with van der Waals surface area (Å²) in [5.74, 6) is -0.498. The third-order valence-electron chi connectivity index (χ3n) is 2.72. The van der Waals surface area contributed by atoms with Crippen LogP contribution in [0.3, 0.4) is 0 Å². The molecule has 15 heavy (non-hydrogen) atoms. The highest BCUT2D eigenvalue weighted by Gasteiger charge is 2.27. The standard InChI is InChI=1S/C12H13NO2.H2/c1-8-2-4-9(5-3-8)10-6-7-11(14)13-12(10)15;/h2-5,10H,6-7H2,1H3,(H,13,14,15);1H. The molecule has 1 aliphatic rings. The van der Waals surface area contributed by atoms with Gasteiger partial charge in [-0.25, -0.2) is 0 Å². The van der Waals surface area contributed by atoms with E-state index in [9.17, 15) is 9.59 Å². The van der Waals surface area contributed by atoms with Gasteiger partial charge in [-0.2, -0.15) is 0 Å². The van der Waals surface area contributed by atoms with Crippen LogP contribution >= 0.6 is 0 Å². The first-order chi connectivity index (χ1) is 7.16. The maximum absolute atomic E-state index is 11.6. The molecule has 1 unspecified atom stereocenters. The second-order valence-electron chi connectivity index (χ2n) is 3.91. The Balaban J connectivity index is 0.00000128. The molecular weight excluding hydrogens is 190 g/mol. The zero-order chi connectivity index (χ0) is 10.8. The van der Waals surface area contributed by atoms with Crippen LogP contribution in [0.5, 0.6) is 0 Å². The van der Waals surface area contributed by atoms with Crippen LogP contribution in [0.15, 0.2) is 24.3 Å². The molecule has 1 atom stereocenters. The van der Waals surface area contributed by atoms with Crippen molar-refractivity contribution in [2.24, 2.45) is 0 Å². The number of nitrogens with one attached hydrogen (secondary N) is 1. The highest BCUT2D eigenvalue weighted by atomic mass is 16.2. The lowest BCUT2D eigenvalue weighted by Gasteiger charge is -2.21. The van der Waals surface area contributed by atoms with Crippen LogP contribution in [0.4, 0.5) is 0 Å². The fourth-order valence-corrected chi connectivity index (χ4v) is 1.81. The van der Waals surface area contributed by atoms with Crippen molar-refractivity contribution in [2.45, 2.75) is 25.7 Å². The van der Waals surface area contributed by atoms with Crippen LogP contribution in [-0.2, 0) is 9.59 Å². The SMILES string of the molecule is Cc1ccc(C2CCC(=O)NC2=O)cc1.[HH]. The summed E-state index contributed by atoms with van der Waals surface area (Å²) >= 11 is 0. The minimum Gasteiger partial charge on any atom is -0.296 e. The first kappa shape index (κ1) is 9.90. The Labute approximate surface area is 90.0 Å². The molecule has 0 aromatic heterocycles. The molecule has 0 aliphatic carbocycles. The van der Waals surface area contributed by atoms with Crippen molar-refractivity contribution in [1.82, 2.24) is 5.32 Å². The summed E-state index contributed by atoms with van der Waals surface area (Å²) in [6.45, 7) is 2.01. The van der Waals surface area contributed by atoms with Crippen molar-refractivity contribution >= 4 is 11.8 Å². The molecule has 1 aliphatic heterocycles. The van der Waals surface area contributed by atoms with Gasteiger partial charge in [0, 0.05) is 7.85 Å². The van der Waals surface area contributed by atoms with E-state index in [1.165, 1.54) is 5.56 Å². The van der Waals surface area contributed by atoms with Crippen LogP contribution in [0, 0.1) is 6.92 Å². The lowest BCUT2D eigenvalue weighted by molar-refractivity contribution is -0.134. The van der Waals surface area contributed by atoms with E-state index in [4.69, 9.17) is 0 Å². The number of hydrogen-bond acceptors (Lipinski definition) is 2. The number of carbonyl (C=O) groups excluding carboxylic acids is 2. The predicted molar refractivity (Wildman–Crippen MR) is 58.4 cm³/mol. The highest BCUT2D eigenvalue weighted by Crippen LogP contribution is 2.24. The summed E-state index contributed by atoms with van der Waals surface area (Å²) < 4.78 is 0. The zero-order valence-corrected chi connectivity index (χ0v) is 8.62. The average Bonchev–Trinajstić information content (AvgIpc) is 2.20. The molecule has 0 radical (unpaired) electrons. The van der Waals surface area contributed by atoms with Gasteiger partial charge in [0.15, 0.2) is 0 Å². The van der Waals surface area contributed by atoms with Gasteiger partial charge >= 0.3 is 0 Å². The van der Waals surface area contributed by atoms with Crippen molar-refractivity contribution in [3.63, 3.8) is 0 Å². The Morgan fingerprint density at radius 3 is 2.53 bits per heavy atom. The lowest BCUT2D eigenvalue weighted by atomic mass is 9.90. The molecule has 3 heteroatoms. The van der Waals surface area contributed by atoms with Gasteiger partial charge in [-0.15, -0.1) is 0 Å². The van der Waals surface area contributed by atoms with Crippen molar-refractivity contribution in [1.29, 1.82) is 0 Å². The van der Waals surface area contributed by atoms with Gasteiger partial charge in [0.25, 0.3) is 0 Å². The van der Waals surface area contributed by atoms with Crippen LogP contribution in [0.2, 0.25) is 0 Å². The quantitative estimate of drug-likeness (QED) is 0.710. The average molecular weight is 205 g/mol. The Kier molecular flexibility index (Phi) is 2.54. The second kappa shape index (κ2) is 3.85. The summed E-state index contributed by atoms with van der Waals surface area (Å²) in [7, 11) is 0. The van der Waals surface area contributed by atoms with Crippen molar-refractivity contribution in [2.75, 3.05) is 0 Å². The molecule has 1 saturated heterocycles. The first-order valence-electron chi connectivity index (χ1n) is 5.07. The molecule has 80 valence electrons. The van der Waals surface area contributed by atoms with Crippen molar-refractivity contribution in [3.05, 3.63) is 35.4 Å². The minimum absolute atomic E-state index is 0. The summed E-state index contributed by atoms with van der Waals surface area (Å²) in [5, 5.41) is 2.36. The molecule has 1 aromatic rings. The van der Waals surface area contributed by atoms with Gasteiger partial charge in [0.05, 0.1) is 5.92 Å². The number of rotatable bonds is 1. The maximum Gasteiger partial charge on any atom is 0.234 e. The lowest BCUT2D eigenvalue weighted by Crippen LogP contribution is -2.39. The van der Waals surface area contributed by atoms with E-state index in [0.717, 1.165) is 5.56 Å². The third-order valence-corrected chi connectivity index (χ3v) is 2.72. The highest BCUT2D eigenvalue weighted by molar-refractivity contribution is 6.00. The molecule has 1 heterocycles. The summed E-state index contributed by atoms with van der Waals surface area (Å²) in [6, 6.07) is 7.88. The van der Waals surface area contributed by atoms with E-state index in [2.05, 4.69) is 5.32 Å². The van der Waals surface area contributed by atoms with Crippen LogP contribution in [-0.4, -0.2) is 11.8 Å². The number of amides is 2. The van der Waals surface area contributed by atoms with E-state index in [1.54, 1.807) is 0 Å². The van der Waals surface area contributed by atoms with Gasteiger partial charge in [-0.1, -0.05) is 29.8 Å². The molecule has 1 fully saturated rings. The molecule has 1 aromatic carbocycles. The largest absolute Gasteiger partial charge is 0.296 e. The molecule has 1 N–H and O–H groups in total. The number of carbonyl (C=O) groups is 2. The number of piperidine rings is 1. The molecule has 0 spiro atoms. The van der Waals surface area contributed by atoms with Crippen LogP contribution < -0.4 is 5.32 Å². The molecule has 0 saturated carbocycles. The van der Waals surface area contributed by atoms with Crippen molar-refractivity contribution in [3.8, 4) is 0 Å². The first-order valence-corrected chi connectivity index (χ1v) is 5.07. The Morgan fingerprint density at radius 2 is 1.93 bits per heavy atom. The fraction of sp³-hybridized carbons (Fsp3) is 0.333. The molecule has 2 rings (SSSR count). The number of benzene rings is 1. The smallest absolute Gasteiger partial charge is 0.234 e. The second-order valence-corrected chi connectivity index (χ2v) is 3.91. The monoisotopic (exact) mass is 205 g/mol. The summed E-state index contributed by atoms with van der Waals surface area (Å²) in [4.78, 5) is 22.5. The predicted octanol–water partition coefficient (Wildman–Crippen LogP) is 1.76. The van der Waals surface area contributed by atoms with E-state index in [0.29, 0.717) is 12.8 Å². The fourth-order valence-electron chi connectivity index (χ4n) is 1.81. The van der Waals surface area contributed by atoms with Gasteiger partial charge < -0.3 is 0 Å². The summed E-state index contributed by atoms with van der Waals surface area (Å²) in [6.07, 6.45) is 1.05. The van der Waals surface area contributed by atoms with Gasteiger partial charge in [-0.05, 0) is 18.9 Å². The van der Waals surface area contributed by atoms with Gasteiger partial charge in [-0.3, -0.25) is 14.9 Å². The minimum atomic E-state index is -0.171. The van der Waals surface area contributed by atoms with Gasteiger partial charge in [0.2, 0.25) is 11.8 Å². The van der Waals surface area contributed by atoms with E-state index in [-0.39, 0.29) is 19.2 Å². The van der Waals surface area contributed by atoms with E-state index >= 15 is 0 Å². The molecular formula is C12H15NO2. The molecule has 3 nitrogen and oxygen atoms in total. The zero-order valence-electron chi connectivity index (χ0n) is 8.62. The van der Waals surface area contributed by atoms with Crippen LogP contribution in [0.1, 0.15) is 31.3 Å². The Hall–Kier alpha value is -1.64. The maximum atomic E-state index is 11.6. The number of hydrogen-bond donors (Lipinski definition) is 1. The molecule has 2 amide bonds. The molecule has 0 bridgehead atoms. The number of imide groups is 1. The normalized spacial score (nSPS) is 21.3. The third kappa shape index (κ3) is 2.06. The topological polar surface area (TPSA) is 46.2 Å². The van der Waals surface area contributed by atoms with E-state index in [1.807, 2.05) is 31.2 Å². The van der Waals surface area contributed by atoms with E-state index < -0.39 is 0 Å². The van der Waals surface area contributed by atoms with Crippen molar-refractivity contribution < 1.29 is 11.0 Å². The van der Waals surface area contributed by atoms with Crippen LogP contribution in [0.25, 0.3) is 0 Å². The number of aryl methyl sites for hydroxylation is 1. The Morgan fingerprint density at radius 1 is 1.27 bits per heavy atom.